The highest BCUT2D eigenvalue weighted by molar-refractivity contribution is 7.89. The molecule has 0 aromatic heterocycles. The van der Waals surface area contributed by atoms with Crippen LogP contribution < -0.4 is 10.1 Å². The third-order valence-corrected chi connectivity index (χ3v) is 7.04. The van der Waals surface area contributed by atoms with Crippen molar-refractivity contribution in [1.29, 1.82) is 0 Å². The summed E-state index contributed by atoms with van der Waals surface area (Å²) in [5, 5.41) is 2.96. The van der Waals surface area contributed by atoms with E-state index in [1.165, 1.54) is 17.5 Å². The average Bonchev–Trinajstić information content (AvgIpc) is 2.74. The number of carbonyl (C=O) groups excluding carboxylic acids is 1. The maximum Gasteiger partial charge on any atom is 0.246 e. The number of methoxy groups -OCH3 is 1. The topological polar surface area (TPSA) is 75.7 Å². The Morgan fingerprint density at radius 3 is 2.66 bits per heavy atom. The first kappa shape index (κ1) is 21.3. The first-order valence-electron chi connectivity index (χ1n) is 9.52. The van der Waals surface area contributed by atoms with Gasteiger partial charge in [0.15, 0.2) is 0 Å². The molecule has 0 radical (unpaired) electrons. The van der Waals surface area contributed by atoms with E-state index in [0.717, 1.165) is 17.7 Å². The smallest absolute Gasteiger partial charge is 0.246 e. The van der Waals surface area contributed by atoms with E-state index in [2.05, 4.69) is 5.32 Å². The molecule has 1 saturated heterocycles. The van der Waals surface area contributed by atoms with Crippen LogP contribution in [0.1, 0.15) is 31.4 Å². The molecule has 1 heterocycles. The van der Waals surface area contributed by atoms with Gasteiger partial charge in [0.25, 0.3) is 0 Å². The van der Waals surface area contributed by atoms with Crippen LogP contribution in [-0.4, -0.2) is 38.8 Å². The van der Waals surface area contributed by atoms with Crippen molar-refractivity contribution in [2.75, 3.05) is 20.2 Å². The zero-order valence-corrected chi connectivity index (χ0v) is 17.3. The number of nitrogens with one attached hydrogen (secondary N) is 1. The Balaban J connectivity index is 1.75. The summed E-state index contributed by atoms with van der Waals surface area (Å²) in [6.45, 7) is 2.22. The molecular weight excluding hydrogens is 395 g/mol. The van der Waals surface area contributed by atoms with Gasteiger partial charge in [-0.3, -0.25) is 4.79 Å². The van der Waals surface area contributed by atoms with Crippen molar-refractivity contribution in [3.05, 3.63) is 59.9 Å². The van der Waals surface area contributed by atoms with Crippen LogP contribution in [0.5, 0.6) is 5.75 Å². The predicted molar refractivity (Wildman–Crippen MR) is 107 cm³/mol. The molecular formula is C21H25FN2O4S. The maximum atomic E-state index is 13.7. The molecule has 3 rings (SSSR count). The van der Waals surface area contributed by atoms with Crippen LogP contribution in [0.4, 0.5) is 4.39 Å². The van der Waals surface area contributed by atoms with Crippen molar-refractivity contribution in [2.45, 2.75) is 30.7 Å². The normalized spacial score (nSPS) is 18.8. The van der Waals surface area contributed by atoms with E-state index >= 15 is 0 Å². The van der Waals surface area contributed by atoms with Gasteiger partial charge in [0.1, 0.15) is 16.5 Å². The van der Waals surface area contributed by atoms with E-state index in [-0.39, 0.29) is 35.7 Å². The molecule has 1 aliphatic rings. The quantitative estimate of drug-likeness (QED) is 0.779. The summed E-state index contributed by atoms with van der Waals surface area (Å²) in [6.07, 6.45) is 1.15. The number of halogens is 1. The first-order valence-corrected chi connectivity index (χ1v) is 11.0. The second-order valence-corrected chi connectivity index (χ2v) is 9.04. The minimum atomic E-state index is -3.99. The lowest BCUT2D eigenvalue weighted by Gasteiger charge is -2.32. The third kappa shape index (κ3) is 4.76. The summed E-state index contributed by atoms with van der Waals surface area (Å²) < 4.78 is 46.2. The Bertz CT molecular complexity index is 966. The molecule has 1 amide bonds. The predicted octanol–water partition coefficient (Wildman–Crippen LogP) is 3.11. The SMILES string of the molecule is COc1ccc(F)cc1S(=O)(=O)N1CCC[C@@H](C(=O)N[C@@H](C)c2ccccc2)C1. The number of benzene rings is 2. The van der Waals surface area contributed by atoms with E-state index in [1.54, 1.807) is 0 Å². The molecule has 0 aliphatic carbocycles. The number of hydrogen-bond acceptors (Lipinski definition) is 4. The summed E-state index contributed by atoms with van der Waals surface area (Å²) in [5.74, 6) is -1.24. The third-order valence-electron chi connectivity index (χ3n) is 5.16. The van der Waals surface area contributed by atoms with Gasteiger partial charge < -0.3 is 10.1 Å². The van der Waals surface area contributed by atoms with E-state index in [0.29, 0.717) is 12.8 Å². The summed E-state index contributed by atoms with van der Waals surface area (Å²) in [7, 11) is -2.65. The van der Waals surface area contributed by atoms with Gasteiger partial charge in [-0.05, 0) is 43.5 Å². The Labute approximate surface area is 170 Å². The Hall–Kier alpha value is -2.45. The molecule has 1 aliphatic heterocycles. The summed E-state index contributed by atoms with van der Waals surface area (Å²) >= 11 is 0. The van der Waals surface area contributed by atoms with Crippen LogP contribution in [0.3, 0.4) is 0 Å². The van der Waals surface area contributed by atoms with Crippen molar-refractivity contribution < 1.29 is 22.3 Å². The van der Waals surface area contributed by atoms with Crippen LogP contribution in [0.2, 0.25) is 0 Å². The number of hydrogen-bond donors (Lipinski definition) is 1. The van der Waals surface area contributed by atoms with Crippen molar-refractivity contribution in [3.8, 4) is 5.75 Å². The van der Waals surface area contributed by atoms with Crippen LogP contribution in [0.15, 0.2) is 53.4 Å². The molecule has 2 aromatic rings. The largest absolute Gasteiger partial charge is 0.495 e. The van der Waals surface area contributed by atoms with Gasteiger partial charge in [0, 0.05) is 13.1 Å². The fraction of sp³-hybridized carbons (Fsp3) is 0.381. The standard InChI is InChI=1S/C21H25FN2O4S/c1-15(16-7-4-3-5-8-16)23-21(25)17-9-6-12-24(14-17)29(26,27)20-13-18(22)10-11-19(20)28-2/h3-5,7-8,10-11,13,15,17H,6,9,12,14H2,1-2H3,(H,23,25)/t15-,17+/m0/s1. The zero-order valence-electron chi connectivity index (χ0n) is 16.5. The van der Waals surface area contributed by atoms with Crippen LogP contribution in [-0.2, 0) is 14.8 Å². The Kier molecular flexibility index (Phi) is 6.54. The Morgan fingerprint density at radius 1 is 1.24 bits per heavy atom. The Morgan fingerprint density at radius 2 is 1.97 bits per heavy atom. The molecule has 0 unspecified atom stereocenters. The molecule has 0 spiro atoms. The lowest BCUT2D eigenvalue weighted by molar-refractivity contribution is -0.126. The van der Waals surface area contributed by atoms with Crippen molar-refractivity contribution in [1.82, 2.24) is 9.62 Å². The molecule has 156 valence electrons. The number of nitrogens with zero attached hydrogens (tertiary/aromatic N) is 1. The summed E-state index contributed by atoms with van der Waals surface area (Å²) in [5.41, 5.74) is 0.977. The number of rotatable bonds is 6. The highest BCUT2D eigenvalue weighted by Gasteiger charge is 2.35. The average molecular weight is 421 g/mol. The van der Waals surface area contributed by atoms with Crippen molar-refractivity contribution in [2.24, 2.45) is 5.92 Å². The maximum absolute atomic E-state index is 13.7. The second-order valence-electron chi connectivity index (χ2n) is 7.14. The monoisotopic (exact) mass is 420 g/mol. The number of piperidine rings is 1. The molecule has 1 N–H and O–H groups in total. The van der Waals surface area contributed by atoms with Crippen LogP contribution in [0, 0.1) is 11.7 Å². The van der Waals surface area contributed by atoms with E-state index < -0.39 is 21.8 Å². The molecule has 8 heteroatoms. The first-order chi connectivity index (χ1) is 13.8. The minimum Gasteiger partial charge on any atom is -0.495 e. The highest BCUT2D eigenvalue weighted by Crippen LogP contribution is 2.30. The second kappa shape index (κ2) is 8.92. The van der Waals surface area contributed by atoms with E-state index in [4.69, 9.17) is 4.74 Å². The molecule has 29 heavy (non-hydrogen) atoms. The van der Waals surface area contributed by atoms with Crippen LogP contribution in [0.25, 0.3) is 0 Å². The fourth-order valence-electron chi connectivity index (χ4n) is 3.52. The lowest BCUT2D eigenvalue weighted by atomic mass is 9.98. The van der Waals surface area contributed by atoms with Gasteiger partial charge in [0.2, 0.25) is 15.9 Å². The number of ether oxygens (including phenoxy) is 1. The van der Waals surface area contributed by atoms with Gasteiger partial charge in [-0.1, -0.05) is 30.3 Å². The minimum absolute atomic E-state index is 0.0509. The van der Waals surface area contributed by atoms with Gasteiger partial charge >= 0.3 is 0 Å². The van der Waals surface area contributed by atoms with Gasteiger partial charge in [-0.25, -0.2) is 12.8 Å². The summed E-state index contributed by atoms with van der Waals surface area (Å²) in [6, 6.07) is 12.8. The lowest BCUT2D eigenvalue weighted by Crippen LogP contribution is -2.45. The van der Waals surface area contributed by atoms with Gasteiger partial charge in [-0.2, -0.15) is 4.31 Å². The fourth-order valence-corrected chi connectivity index (χ4v) is 5.21. The number of sulfonamides is 1. The van der Waals surface area contributed by atoms with Crippen molar-refractivity contribution in [3.63, 3.8) is 0 Å². The number of carbonyl (C=O) groups is 1. The molecule has 0 bridgehead atoms. The molecule has 0 saturated carbocycles. The molecule has 6 nitrogen and oxygen atoms in total. The summed E-state index contributed by atoms with van der Waals surface area (Å²) in [4.78, 5) is 12.5. The van der Waals surface area contributed by atoms with Crippen LogP contribution >= 0.6 is 0 Å². The van der Waals surface area contributed by atoms with E-state index in [9.17, 15) is 17.6 Å². The molecule has 2 aromatic carbocycles. The van der Waals surface area contributed by atoms with Crippen molar-refractivity contribution >= 4 is 15.9 Å². The molecule has 1 fully saturated rings. The number of amides is 1. The molecule has 2 atom stereocenters. The van der Waals surface area contributed by atoms with Gasteiger partial charge in [0.05, 0.1) is 19.1 Å². The van der Waals surface area contributed by atoms with E-state index in [1.807, 2.05) is 37.3 Å². The van der Waals surface area contributed by atoms with Gasteiger partial charge in [-0.15, -0.1) is 0 Å². The zero-order chi connectivity index (χ0) is 21.0. The highest BCUT2D eigenvalue weighted by atomic mass is 32.2.